The molecule has 4 nitrogen and oxygen atoms in total. The first-order valence-corrected chi connectivity index (χ1v) is 6.99. The van der Waals surface area contributed by atoms with Crippen molar-refractivity contribution < 1.29 is 15.0 Å². The van der Waals surface area contributed by atoms with Crippen LogP contribution in [-0.2, 0) is 13.0 Å². The summed E-state index contributed by atoms with van der Waals surface area (Å²) in [4.78, 5) is 11.1. The number of rotatable bonds is 6. The van der Waals surface area contributed by atoms with Crippen molar-refractivity contribution in [2.75, 3.05) is 6.61 Å². The van der Waals surface area contributed by atoms with Crippen LogP contribution >= 0.6 is 0 Å². The number of benzene rings is 1. The molecule has 0 amide bonds. The predicted molar refractivity (Wildman–Crippen MR) is 79.1 cm³/mol. The van der Waals surface area contributed by atoms with Crippen LogP contribution in [-0.4, -0.2) is 27.4 Å². The number of carboxylic acids is 1. The second kappa shape index (κ2) is 6.09. The Balaban J connectivity index is 2.51. The van der Waals surface area contributed by atoms with Crippen molar-refractivity contribution in [3.05, 3.63) is 35.5 Å². The number of carboxylic acid groups (broad SMARTS) is 1. The zero-order valence-corrected chi connectivity index (χ0v) is 12.0. The topological polar surface area (TPSA) is 62.5 Å². The summed E-state index contributed by atoms with van der Waals surface area (Å²) in [6.07, 6.45) is 3.55. The fraction of sp³-hybridized carbons (Fsp3) is 0.438. The first kappa shape index (κ1) is 14.6. The van der Waals surface area contributed by atoms with Gasteiger partial charge in [-0.05, 0) is 42.5 Å². The number of aromatic carboxylic acids is 1. The lowest BCUT2D eigenvalue weighted by molar-refractivity contribution is 0.0697. The lowest BCUT2D eigenvalue weighted by Crippen LogP contribution is -2.03. The Kier molecular flexibility index (Phi) is 4.45. The van der Waals surface area contributed by atoms with Crippen LogP contribution in [0, 0.1) is 5.92 Å². The molecule has 0 aliphatic rings. The van der Waals surface area contributed by atoms with E-state index in [1.807, 2.05) is 6.07 Å². The van der Waals surface area contributed by atoms with Crippen molar-refractivity contribution in [1.29, 1.82) is 0 Å². The molecule has 2 rings (SSSR count). The van der Waals surface area contributed by atoms with Crippen LogP contribution in [0.5, 0.6) is 0 Å². The number of fused-ring (bicyclic) bond motifs is 1. The molecule has 0 saturated heterocycles. The molecule has 0 radical (unpaired) electrons. The third-order valence-electron chi connectivity index (χ3n) is 3.38. The average Bonchev–Trinajstić information content (AvgIpc) is 2.73. The molecule has 0 saturated carbocycles. The van der Waals surface area contributed by atoms with Crippen LogP contribution < -0.4 is 0 Å². The average molecular weight is 275 g/mol. The normalized spacial score (nSPS) is 11.4. The van der Waals surface area contributed by atoms with Crippen LogP contribution in [0.25, 0.3) is 10.9 Å². The highest BCUT2D eigenvalue weighted by Gasteiger charge is 2.12. The van der Waals surface area contributed by atoms with E-state index in [0.29, 0.717) is 17.9 Å². The Bertz CT molecular complexity index is 613. The van der Waals surface area contributed by atoms with Crippen LogP contribution in [0.1, 0.15) is 36.2 Å². The number of aliphatic hydroxyl groups excluding tert-OH is 1. The number of nitrogens with zero attached hydrogens (tertiary/aromatic N) is 1. The summed E-state index contributed by atoms with van der Waals surface area (Å²) in [6.45, 7) is 5.37. The summed E-state index contributed by atoms with van der Waals surface area (Å²) in [6, 6.07) is 5.27. The third kappa shape index (κ3) is 3.02. The number of aliphatic hydroxyl groups is 1. The van der Waals surface area contributed by atoms with E-state index in [9.17, 15) is 4.79 Å². The fourth-order valence-electron chi connectivity index (χ4n) is 2.52. The first-order chi connectivity index (χ1) is 9.52. The minimum atomic E-state index is -0.906. The first-order valence-electron chi connectivity index (χ1n) is 6.99. The number of hydrogen-bond donors (Lipinski definition) is 2. The van der Waals surface area contributed by atoms with Gasteiger partial charge in [-0.2, -0.15) is 0 Å². The minimum Gasteiger partial charge on any atom is -0.478 e. The quantitative estimate of drug-likeness (QED) is 0.852. The Labute approximate surface area is 118 Å². The molecule has 20 heavy (non-hydrogen) atoms. The van der Waals surface area contributed by atoms with Gasteiger partial charge in [0.15, 0.2) is 0 Å². The maximum Gasteiger partial charge on any atom is 0.335 e. The van der Waals surface area contributed by atoms with E-state index in [0.717, 1.165) is 29.4 Å². The van der Waals surface area contributed by atoms with E-state index in [-0.39, 0.29) is 6.61 Å². The molecule has 0 atom stereocenters. The number of hydrogen-bond acceptors (Lipinski definition) is 2. The van der Waals surface area contributed by atoms with E-state index in [4.69, 9.17) is 10.2 Å². The molecule has 0 unspecified atom stereocenters. The molecular weight excluding hydrogens is 254 g/mol. The van der Waals surface area contributed by atoms with E-state index in [1.54, 1.807) is 12.1 Å². The summed E-state index contributed by atoms with van der Waals surface area (Å²) < 4.78 is 2.18. The minimum absolute atomic E-state index is 0.148. The summed E-state index contributed by atoms with van der Waals surface area (Å²) >= 11 is 0. The zero-order chi connectivity index (χ0) is 14.7. The van der Waals surface area contributed by atoms with Gasteiger partial charge in [0.1, 0.15) is 0 Å². The SMILES string of the molecule is CC(C)Cn1cc(CCCO)c2cc(C(=O)O)ccc21. The summed E-state index contributed by atoms with van der Waals surface area (Å²) in [5, 5.41) is 19.1. The molecule has 0 fully saturated rings. The molecule has 0 bridgehead atoms. The summed E-state index contributed by atoms with van der Waals surface area (Å²) in [5.74, 6) is -0.382. The number of aromatic nitrogens is 1. The molecule has 0 aliphatic heterocycles. The molecule has 4 heteroatoms. The second-order valence-corrected chi connectivity index (χ2v) is 5.56. The zero-order valence-electron chi connectivity index (χ0n) is 12.0. The Morgan fingerprint density at radius 1 is 1.35 bits per heavy atom. The molecular formula is C16H21NO3. The van der Waals surface area contributed by atoms with Crippen molar-refractivity contribution in [1.82, 2.24) is 4.57 Å². The van der Waals surface area contributed by atoms with E-state index in [2.05, 4.69) is 24.6 Å². The van der Waals surface area contributed by atoms with Crippen LogP contribution in [0.4, 0.5) is 0 Å². The van der Waals surface area contributed by atoms with Gasteiger partial charge < -0.3 is 14.8 Å². The smallest absolute Gasteiger partial charge is 0.335 e. The van der Waals surface area contributed by atoms with Crippen molar-refractivity contribution >= 4 is 16.9 Å². The monoisotopic (exact) mass is 275 g/mol. The summed E-state index contributed by atoms with van der Waals surface area (Å²) in [7, 11) is 0. The van der Waals surface area contributed by atoms with Crippen molar-refractivity contribution in [2.45, 2.75) is 33.2 Å². The van der Waals surface area contributed by atoms with Gasteiger partial charge in [-0.1, -0.05) is 13.8 Å². The van der Waals surface area contributed by atoms with Crippen LogP contribution in [0.3, 0.4) is 0 Å². The Morgan fingerprint density at radius 3 is 2.70 bits per heavy atom. The number of carbonyl (C=O) groups is 1. The van der Waals surface area contributed by atoms with E-state index >= 15 is 0 Å². The fourth-order valence-corrected chi connectivity index (χ4v) is 2.52. The maximum absolute atomic E-state index is 11.1. The molecule has 1 aromatic heterocycles. The van der Waals surface area contributed by atoms with Gasteiger partial charge in [-0.15, -0.1) is 0 Å². The molecule has 2 aromatic rings. The van der Waals surface area contributed by atoms with Crippen LogP contribution in [0.2, 0.25) is 0 Å². The highest BCUT2D eigenvalue weighted by atomic mass is 16.4. The third-order valence-corrected chi connectivity index (χ3v) is 3.38. The van der Waals surface area contributed by atoms with Gasteiger partial charge in [0.25, 0.3) is 0 Å². The van der Waals surface area contributed by atoms with Gasteiger partial charge >= 0.3 is 5.97 Å². The maximum atomic E-state index is 11.1. The standard InChI is InChI=1S/C16H21NO3/c1-11(2)9-17-10-13(4-3-7-18)14-8-12(16(19)20)5-6-15(14)17/h5-6,8,10-11,18H,3-4,7,9H2,1-2H3,(H,19,20). The predicted octanol–water partition coefficient (Wildman–Crippen LogP) is 2.92. The largest absolute Gasteiger partial charge is 0.478 e. The lowest BCUT2D eigenvalue weighted by atomic mass is 10.1. The second-order valence-electron chi connectivity index (χ2n) is 5.56. The van der Waals surface area contributed by atoms with Gasteiger partial charge in [0.05, 0.1) is 5.56 Å². The summed E-state index contributed by atoms with van der Waals surface area (Å²) in [5.41, 5.74) is 2.49. The van der Waals surface area contributed by atoms with Gasteiger partial charge in [-0.3, -0.25) is 0 Å². The van der Waals surface area contributed by atoms with E-state index in [1.165, 1.54) is 0 Å². The Hall–Kier alpha value is -1.81. The Morgan fingerprint density at radius 2 is 2.10 bits per heavy atom. The lowest BCUT2D eigenvalue weighted by Gasteiger charge is -2.08. The van der Waals surface area contributed by atoms with Gasteiger partial charge in [-0.25, -0.2) is 4.79 Å². The molecule has 108 valence electrons. The molecule has 1 heterocycles. The molecule has 0 aliphatic carbocycles. The van der Waals surface area contributed by atoms with Crippen molar-refractivity contribution in [3.63, 3.8) is 0 Å². The van der Waals surface area contributed by atoms with Crippen molar-refractivity contribution in [2.24, 2.45) is 5.92 Å². The highest BCUT2D eigenvalue weighted by Crippen LogP contribution is 2.25. The van der Waals surface area contributed by atoms with Crippen LogP contribution in [0.15, 0.2) is 24.4 Å². The molecule has 2 N–H and O–H groups in total. The molecule has 0 spiro atoms. The van der Waals surface area contributed by atoms with Crippen molar-refractivity contribution in [3.8, 4) is 0 Å². The van der Waals surface area contributed by atoms with E-state index < -0.39 is 5.97 Å². The highest BCUT2D eigenvalue weighted by molar-refractivity contribution is 5.95. The molecule has 1 aromatic carbocycles. The van der Waals surface area contributed by atoms with Gasteiger partial charge in [0, 0.05) is 30.3 Å². The number of aryl methyl sites for hydroxylation is 1. The van der Waals surface area contributed by atoms with Gasteiger partial charge in [0.2, 0.25) is 0 Å².